The summed E-state index contributed by atoms with van der Waals surface area (Å²) in [4.78, 5) is 16.1. The first-order valence-corrected chi connectivity index (χ1v) is 6.12. The first kappa shape index (κ1) is 12.1. The maximum absolute atomic E-state index is 12.0. The molecule has 5 nitrogen and oxygen atoms in total. The lowest BCUT2D eigenvalue weighted by molar-refractivity contribution is -0.135. The molecule has 5 heteroatoms. The van der Waals surface area contributed by atoms with Crippen LogP contribution in [0.25, 0.3) is 0 Å². The third-order valence-electron chi connectivity index (χ3n) is 3.53. The van der Waals surface area contributed by atoms with E-state index in [4.69, 9.17) is 10.2 Å². The molecule has 0 unspecified atom stereocenters. The Balaban J connectivity index is 1.87. The van der Waals surface area contributed by atoms with Gasteiger partial charge in [-0.15, -0.1) is 0 Å². The van der Waals surface area contributed by atoms with Gasteiger partial charge in [-0.1, -0.05) is 13.3 Å². The molecule has 1 fully saturated rings. The normalized spacial score (nSPS) is 17.5. The Hall–Kier alpha value is -1.36. The molecular weight excluding hydrogens is 218 g/mol. The summed E-state index contributed by atoms with van der Waals surface area (Å²) in [6.07, 6.45) is 5.38. The van der Waals surface area contributed by atoms with Crippen LogP contribution in [-0.4, -0.2) is 17.4 Å². The predicted molar refractivity (Wildman–Crippen MR) is 63.1 cm³/mol. The summed E-state index contributed by atoms with van der Waals surface area (Å²) >= 11 is 0. The number of nitrogens with one attached hydrogen (secondary N) is 1. The molecule has 0 aliphatic heterocycles. The van der Waals surface area contributed by atoms with Gasteiger partial charge in [0.1, 0.15) is 5.76 Å². The monoisotopic (exact) mass is 237 g/mol. The number of carbonyl (C=O) groups excluding carboxylic acids is 1. The Kier molecular flexibility index (Phi) is 3.47. The van der Waals surface area contributed by atoms with Crippen LogP contribution < -0.4 is 11.1 Å². The summed E-state index contributed by atoms with van der Waals surface area (Å²) in [6.45, 7) is 2.77. The Morgan fingerprint density at radius 3 is 2.88 bits per heavy atom. The van der Waals surface area contributed by atoms with E-state index < -0.39 is 0 Å². The van der Waals surface area contributed by atoms with E-state index >= 15 is 0 Å². The van der Waals surface area contributed by atoms with E-state index in [1.54, 1.807) is 6.20 Å². The number of nitrogens with two attached hydrogens (primary N) is 1. The molecule has 1 heterocycles. The number of nitrogens with zero attached hydrogens (tertiary/aromatic N) is 1. The number of carbonyl (C=O) groups is 1. The average Bonchev–Trinajstić information content (AvgIpc) is 2.73. The van der Waals surface area contributed by atoms with Crippen molar-refractivity contribution in [3.63, 3.8) is 0 Å². The van der Waals surface area contributed by atoms with Crippen molar-refractivity contribution >= 4 is 5.91 Å². The van der Waals surface area contributed by atoms with Gasteiger partial charge >= 0.3 is 0 Å². The van der Waals surface area contributed by atoms with Gasteiger partial charge in [0.25, 0.3) is 0 Å². The molecule has 17 heavy (non-hydrogen) atoms. The van der Waals surface area contributed by atoms with Gasteiger partial charge < -0.3 is 15.5 Å². The quantitative estimate of drug-likeness (QED) is 0.800. The smallest absolute Gasteiger partial charge is 0.227 e. The maximum atomic E-state index is 12.0. The van der Waals surface area contributed by atoms with E-state index in [-0.39, 0.29) is 11.3 Å². The minimum absolute atomic E-state index is 0.0301. The summed E-state index contributed by atoms with van der Waals surface area (Å²) in [5, 5.41) is 2.85. The second-order valence-corrected chi connectivity index (χ2v) is 4.59. The van der Waals surface area contributed by atoms with Crippen molar-refractivity contribution < 1.29 is 9.21 Å². The number of hydrogen-bond acceptors (Lipinski definition) is 4. The van der Waals surface area contributed by atoms with Crippen LogP contribution in [-0.2, 0) is 17.8 Å². The molecule has 1 aromatic rings. The molecule has 1 aliphatic rings. The first-order chi connectivity index (χ1) is 8.20. The summed E-state index contributed by atoms with van der Waals surface area (Å²) in [6, 6.07) is 0. The van der Waals surface area contributed by atoms with Gasteiger partial charge in [0.2, 0.25) is 11.8 Å². The fourth-order valence-corrected chi connectivity index (χ4v) is 2.06. The number of rotatable bonds is 5. The van der Waals surface area contributed by atoms with Crippen LogP contribution in [0, 0.1) is 5.41 Å². The van der Waals surface area contributed by atoms with Crippen LogP contribution in [0.5, 0.6) is 0 Å². The Morgan fingerprint density at radius 1 is 1.65 bits per heavy atom. The van der Waals surface area contributed by atoms with E-state index in [9.17, 15) is 4.79 Å². The largest absolute Gasteiger partial charge is 0.444 e. The van der Waals surface area contributed by atoms with Crippen LogP contribution in [0.2, 0.25) is 0 Å². The predicted octanol–water partition coefficient (Wildman–Crippen LogP) is 0.982. The summed E-state index contributed by atoms with van der Waals surface area (Å²) in [5.74, 6) is 1.43. The molecule has 0 atom stereocenters. The van der Waals surface area contributed by atoms with Gasteiger partial charge in [0.05, 0.1) is 18.2 Å². The van der Waals surface area contributed by atoms with Crippen LogP contribution in [0.15, 0.2) is 10.6 Å². The molecule has 94 valence electrons. The molecule has 0 saturated heterocycles. The standard InChI is InChI=1S/C12H19N3O2/c1-2-9-6-14-10(17-9)7-15-11(16)12(8-13)4-3-5-12/h6H,2-5,7-8,13H2,1H3,(H,15,16). The molecule has 0 spiro atoms. The van der Waals surface area contributed by atoms with E-state index in [0.717, 1.165) is 31.4 Å². The third kappa shape index (κ3) is 2.34. The van der Waals surface area contributed by atoms with E-state index in [0.29, 0.717) is 19.0 Å². The van der Waals surface area contributed by atoms with Crippen molar-refractivity contribution in [1.29, 1.82) is 0 Å². The lowest BCUT2D eigenvalue weighted by atomic mass is 9.68. The average molecular weight is 237 g/mol. The Bertz CT molecular complexity index is 391. The highest BCUT2D eigenvalue weighted by molar-refractivity contribution is 5.83. The van der Waals surface area contributed by atoms with Crippen molar-refractivity contribution in [3.8, 4) is 0 Å². The SMILES string of the molecule is CCc1cnc(CNC(=O)C2(CN)CCC2)o1. The number of aryl methyl sites for hydroxylation is 1. The van der Waals surface area contributed by atoms with Gasteiger partial charge in [-0.25, -0.2) is 4.98 Å². The zero-order valence-corrected chi connectivity index (χ0v) is 10.2. The van der Waals surface area contributed by atoms with Crippen molar-refractivity contribution in [2.24, 2.45) is 11.1 Å². The van der Waals surface area contributed by atoms with Gasteiger partial charge in [0, 0.05) is 13.0 Å². The Labute approximate surface area is 101 Å². The first-order valence-electron chi connectivity index (χ1n) is 6.12. The Morgan fingerprint density at radius 2 is 2.41 bits per heavy atom. The van der Waals surface area contributed by atoms with E-state index in [1.807, 2.05) is 6.92 Å². The molecule has 1 aromatic heterocycles. The van der Waals surface area contributed by atoms with Gasteiger partial charge in [-0.3, -0.25) is 4.79 Å². The molecule has 3 N–H and O–H groups in total. The topological polar surface area (TPSA) is 81.2 Å². The fraction of sp³-hybridized carbons (Fsp3) is 0.667. The number of hydrogen-bond donors (Lipinski definition) is 2. The van der Waals surface area contributed by atoms with Crippen molar-refractivity contribution in [3.05, 3.63) is 17.8 Å². The van der Waals surface area contributed by atoms with Crippen LogP contribution in [0.4, 0.5) is 0 Å². The lowest BCUT2D eigenvalue weighted by Crippen LogP contribution is -2.50. The zero-order chi connectivity index (χ0) is 12.3. The minimum Gasteiger partial charge on any atom is -0.444 e. The highest BCUT2D eigenvalue weighted by Crippen LogP contribution is 2.39. The molecule has 2 rings (SSSR count). The zero-order valence-electron chi connectivity index (χ0n) is 10.2. The minimum atomic E-state index is -0.333. The van der Waals surface area contributed by atoms with Gasteiger partial charge in [0.15, 0.2) is 0 Å². The van der Waals surface area contributed by atoms with Crippen LogP contribution >= 0.6 is 0 Å². The van der Waals surface area contributed by atoms with Crippen molar-refractivity contribution in [2.75, 3.05) is 6.54 Å². The lowest BCUT2D eigenvalue weighted by Gasteiger charge is -2.38. The van der Waals surface area contributed by atoms with Gasteiger partial charge in [-0.05, 0) is 12.8 Å². The highest BCUT2D eigenvalue weighted by atomic mass is 16.4. The van der Waals surface area contributed by atoms with Crippen molar-refractivity contribution in [1.82, 2.24) is 10.3 Å². The molecule has 0 bridgehead atoms. The summed E-state index contributed by atoms with van der Waals surface area (Å²) in [7, 11) is 0. The maximum Gasteiger partial charge on any atom is 0.227 e. The van der Waals surface area contributed by atoms with E-state index in [2.05, 4.69) is 10.3 Å². The van der Waals surface area contributed by atoms with Crippen LogP contribution in [0.1, 0.15) is 37.8 Å². The highest BCUT2D eigenvalue weighted by Gasteiger charge is 2.42. The molecule has 1 aliphatic carbocycles. The van der Waals surface area contributed by atoms with E-state index in [1.165, 1.54) is 0 Å². The second-order valence-electron chi connectivity index (χ2n) is 4.59. The number of oxazole rings is 1. The summed E-state index contributed by atoms with van der Waals surface area (Å²) in [5.41, 5.74) is 5.33. The summed E-state index contributed by atoms with van der Waals surface area (Å²) < 4.78 is 5.42. The van der Waals surface area contributed by atoms with Crippen LogP contribution in [0.3, 0.4) is 0 Å². The fourth-order valence-electron chi connectivity index (χ4n) is 2.06. The molecule has 1 amide bonds. The molecule has 1 saturated carbocycles. The molecular formula is C12H19N3O2. The number of aromatic nitrogens is 1. The second kappa shape index (κ2) is 4.87. The van der Waals surface area contributed by atoms with Crippen molar-refractivity contribution in [2.45, 2.75) is 39.2 Å². The molecule has 0 aromatic carbocycles. The van der Waals surface area contributed by atoms with Gasteiger partial charge in [-0.2, -0.15) is 0 Å². The third-order valence-corrected chi connectivity index (χ3v) is 3.53. The number of amides is 1. The molecule has 0 radical (unpaired) electrons.